The van der Waals surface area contributed by atoms with Crippen molar-refractivity contribution in [3.63, 3.8) is 0 Å². The first-order valence-corrected chi connectivity index (χ1v) is 9.01. The molecule has 0 aliphatic carbocycles. The van der Waals surface area contributed by atoms with E-state index < -0.39 is 27.2 Å². The van der Waals surface area contributed by atoms with E-state index in [-0.39, 0.29) is 10.5 Å². The number of halogens is 3. The molecule has 0 aliphatic heterocycles. The third kappa shape index (κ3) is 4.11. The Kier molecular flexibility index (Phi) is 5.11. The largest absolute Gasteiger partial charge is 0.223 e. The van der Waals surface area contributed by atoms with E-state index in [0.717, 1.165) is 29.4 Å². The first-order chi connectivity index (χ1) is 9.92. The average molecular weight is 375 g/mol. The minimum Gasteiger partial charge on any atom is -0.223 e. The third-order valence-corrected chi connectivity index (χ3v) is 5.10. The summed E-state index contributed by atoms with van der Waals surface area (Å²) in [7, 11) is -3.65. The van der Waals surface area contributed by atoms with Gasteiger partial charge in [0.1, 0.15) is 11.6 Å². The van der Waals surface area contributed by atoms with Gasteiger partial charge < -0.3 is 0 Å². The van der Waals surface area contributed by atoms with E-state index in [9.17, 15) is 17.2 Å². The van der Waals surface area contributed by atoms with Crippen molar-refractivity contribution in [2.45, 2.75) is 17.1 Å². The van der Waals surface area contributed by atoms with E-state index in [4.69, 9.17) is 0 Å². The molecule has 0 aliphatic rings. The Bertz CT molecular complexity index is 728. The van der Waals surface area contributed by atoms with E-state index in [1.54, 1.807) is 12.1 Å². The van der Waals surface area contributed by atoms with Gasteiger partial charge in [0.25, 0.3) is 0 Å². The van der Waals surface area contributed by atoms with Crippen LogP contribution in [0.25, 0.3) is 0 Å². The van der Waals surface area contributed by atoms with Gasteiger partial charge in [-0.05, 0) is 30.2 Å². The van der Waals surface area contributed by atoms with Crippen LogP contribution in [-0.4, -0.2) is 13.7 Å². The third-order valence-electron chi connectivity index (χ3n) is 3.03. The Labute approximate surface area is 130 Å². The van der Waals surface area contributed by atoms with Crippen LogP contribution >= 0.6 is 15.9 Å². The topological polar surface area (TPSA) is 34.1 Å². The van der Waals surface area contributed by atoms with Crippen molar-refractivity contribution >= 4 is 25.8 Å². The number of hydrogen-bond donors (Lipinski definition) is 0. The van der Waals surface area contributed by atoms with Gasteiger partial charge in [-0.1, -0.05) is 34.1 Å². The maximum absolute atomic E-state index is 13.6. The van der Waals surface area contributed by atoms with Crippen molar-refractivity contribution in [1.29, 1.82) is 0 Å². The summed E-state index contributed by atoms with van der Waals surface area (Å²) in [5.41, 5.74) is 0.972. The van der Waals surface area contributed by atoms with Crippen LogP contribution in [0.15, 0.2) is 47.4 Å². The van der Waals surface area contributed by atoms with Crippen molar-refractivity contribution in [1.82, 2.24) is 0 Å². The Morgan fingerprint density at radius 3 is 2.24 bits per heavy atom. The Morgan fingerprint density at radius 1 is 1.00 bits per heavy atom. The monoisotopic (exact) mass is 374 g/mol. The summed E-state index contributed by atoms with van der Waals surface area (Å²) in [6.07, 6.45) is 0.799. The van der Waals surface area contributed by atoms with Crippen molar-refractivity contribution < 1.29 is 17.2 Å². The maximum atomic E-state index is 13.6. The fourth-order valence-corrected chi connectivity index (χ4v) is 3.72. The van der Waals surface area contributed by atoms with Crippen molar-refractivity contribution in [3.8, 4) is 0 Å². The van der Waals surface area contributed by atoms with Gasteiger partial charge >= 0.3 is 0 Å². The smallest absolute Gasteiger partial charge is 0.182 e. The first-order valence-electron chi connectivity index (χ1n) is 6.24. The zero-order chi connectivity index (χ0) is 15.5. The molecule has 0 aromatic heterocycles. The molecule has 2 aromatic carbocycles. The molecule has 2 aromatic rings. The normalized spacial score (nSPS) is 11.6. The summed E-state index contributed by atoms with van der Waals surface area (Å²) in [5, 5.41) is 0.792. The molecule has 0 heterocycles. The molecular formula is C15H13BrF2O2S. The van der Waals surface area contributed by atoms with Crippen LogP contribution in [0.2, 0.25) is 0 Å². The molecular weight excluding hydrogens is 362 g/mol. The van der Waals surface area contributed by atoms with Gasteiger partial charge in [-0.15, -0.1) is 0 Å². The van der Waals surface area contributed by atoms with Gasteiger partial charge in [-0.2, -0.15) is 0 Å². The van der Waals surface area contributed by atoms with Crippen molar-refractivity contribution in [2.24, 2.45) is 0 Å². The van der Waals surface area contributed by atoms with Crippen molar-refractivity contribution in [2.75, 3.05) is 5.33 Å². The number of benzene rings is 2. The summed E-state index contributed by atoms with van der Waals surface area (Å²) in [6, 6.07) is 9.37. The zero-order valence-corrected chi connectivity index (χ0v) is 13.4. The summed E-state index contributed by atoms with van der Waals surface area (Å²) in [5.74, 6) is -2.07. The first kappa shape index (κ1) is 16.1. The van der Waals surface area contributed by atoms with Crippen LogP contribution in [0, 0.1) is 11.6 Å². The number of sulfone groups is 1. The van der Waals surface area contributed by atoms with Crippen molar-refractivity contribution in [3.05, 3.63) is 65.2 Å². The predicted octanol–water partition coefficient (Wildman–Crippen LogP) is 3.88. The van der Waals surface area contributed by atoms with Crippen LogP contribution in [0.1, 0.15) is 11.1 Å². The van der Waals surface area contributed by atoms with Gasteiger partial charge in [-0.3, -0.25) is 0 Å². The Hall–Kier alpha value is -1.27. The van der Waals surface area contributed by atoms with Crippen LogP contribution in [0.3, 0.4) is 0 Å². The minimum atomic E-state index is -3.65. The highest BCUT2D eigenvalue weighted by Gasteiger charge is 2.18. The van der Waals surface area contributed by atoms with E-state index in [0.29, 0.717) is 6.07 Å². The lowest BCUT2D eigenvalue weighted by Gasteiger charge is -2.07. The van der Waals surface area contributed by atoms with Gasteiger partial charge in [0, 0.05) is 17.0 Å². The molecule has 112 valence electrons. The lowest BCUT2D eigenvalue weighted by atomic mass is 10.2. The number of alkyl halides is 1. The highest BCUT2D eigenvalue weighted by Crippen LogP contribution is 2.20. The molecule has 0 bridgehead atoms. The molecule has 2 nitrogen and oxygen atoms in total. The molecule has 0 unspecified atom stereocenters. The Morgan fingerprint density at radius 2 is 1.67 bits per heavy atom. The quantitative estimate of drug-likeness (QED) is 0.744. The summed E-state index contributed by atoms with van der Waals surface area (Å²) in [6.45, 7) is 0. The molecule has 0 spiro atoms. The van der Waals surface area contributed by atoms with Crippen LogP contribution in [-0.2, 0) is 22.0 Å². The lowest BCUT2D eigenvalue weighted by molar-refractivity contribution is 0.569. The van der Waals surface area contributed by atoms with E-state index in [1.807, 2.05) is 0 Å². The SMILES string of the molecule is O=S(=O)(Cc1ccc(F)cc1F)c1ccc(CCBr)cc1. The second-order valence-corrected chi connectivity index (χ2v) is 7.36. The molecule has 0 N–H and O–H groups in total. The van der Waals surface area contributed by atoms with Crippen LogP contribution in [0.4, 0.5) is 8.78 Å². The van der Waals surface area contributed by atoms with Gasteiger partial charge in [-0.25, -0.2) is 17.2 Å². The lowest BCUT2D eigenvalue weighted by Crippen LogP contribution is -2.07. The predicted molar refractivity (Wildman–Crippen MR) is 81.2 cm³/mol. The molecule has 0 saturated heterocycles. The van der Waals surface area contributed by atoms with E-state index in [1.165, 1.54) is 12.1 Å². The van der Waals surface area contributed by atoms with Crippen LogP contribution < -0.4 is 0 Å². The molecule has 0 amide bonds. The van der Waals surface area contributed by atoms with E-state index >= 15 is 0 Å². The summed E-state index contributed by atoms with van der Waals surface area (Å²) < 4.78 is 50.9. The molecule has 0 saturated carbocycles. The highest BCUT2D eigenvalue weighted by atomic mass is 79.9. The molecule has 6 heteroatoms. The maximum Gasteiger partial charge on any atom is 0.182 e. The highest BCUT2D eigenvalue weighted by molar-refractivity contribution is 9.09. The zero-order valence-electron chi connectivity index (χ0n) is 11.0. The van der Waals surface area contributed by atoms with Gasteiger partial charge in [0.05, 0.1) is 10.6 Å². The second kappa shape index (κ2) is 6.66. The van der Waals surface area contributed by atoms with Gasteiger partial charge in [0.2, 0.25) is 0 Å². The Balaban J connectivity index is 2.25. The summed E-state index contributed by atoms with van der Waals surface area (Å²) >= 11 is 3.31. The van der Waals surface area contributed by atoms with Gasteiger partial charge in [0.15, 0.2) is 9.84 Å². The molecule has 0 atom stereocenters. The number of aryl methyl sites for hydroxylation is 1. The average Bonchev–Trinajstić information content (AvgIpc) is 2.43. The standard InChI is InChI=1S/C15H13BrF2O2S/c16-8-7-11-1-5-14(6-2-11)21(19,20)10-12-3-4-13(17)9-15(12)18/h1-6,9H,7-8,10H2. The number of rotatable bonds is 5. The fourth-order valence-electron chi connectivity index (χ4n) is 1.90. The van der Waals surface area contributed by atoms with Crippen LogP contribution in [0.5, 0.6) is 0 Å². The minimum absolute atomic E-state index is 0.0408. The molecule has 21 heavy (non-hydrogen) atoms. The van der Waals surface area contributed by atoms with E-state index in [2.05, 4.69) is 15.9 Å². The fraction of sp³-hybridized carbons (Fsp3) is 0.200. The molecule has 0 fully saturated rings. The number of hydrogen-bond acceptors (Lipinski definition) is 2. The summed E-state index contributed by atoms with van der Waals surface area (Å²) in [4.78, 5) is 0.129. The second-order valence-electron chi connectivity index (χ2n) is 4.58. The molecule has 0 radical (unpaired) electrons. The molecule has 2 rings (SSSR count).